The molecule has 12 heteroatoms. The molecule has 12 nitrogen and oxygen atoms in total. The van der Waals surface area contributed by atoms with Crippen LogP contribution in [0.1, 0.15) is 13.3 Å². The molecule has 1 fully saturated rings. The summed E-state index contributed by atoms with van der Waals surface area (Å²) >= 11 is 0. The third-order valence-electron chi connectivity index (χ3n) is 3.87. The average Bonchev–Trinajstić information content (AvgIpc) is 2.56. The molecule has 6 N–H and O–H groups in total. The van der Waals surface area contributed by atoms with Crippen molar-refractivity contribution in [2.75, 3.05) is 20.3 Å². The van der Waals surface area contributed by atoms with Gasteiger partial charge in [-0.05, 0) is 0 Å². The van der Waals surface area contributed by atoms with Gasteiger partial charge >= 0.3 is 11.9 Å². The number of rotatable bonds is 8. The molecule has 0 aromatic carbocycles. The molecule has 1 unspecified atom stereocenters. The topological polar surface area (TPSA) is 192 Å². The first-order valence-electron chi connectivity index (χ1n) is 7.62. The van der Waals surface area contributed by atoms with E-state index in [-0.39, 0.29) is 0 Å². The lowest BCUT2D eigenvalue weighted by atomic mass is 9.88. The normalized spacial score (nSPS) is 30.9. The van der Waals surface area contributed by atoms with Crippen molar-refractivity contribution < 1.29 is 54.1 Å². The Morgan fingerprint density at radius 3 is 2.38 bits per heavy atom. The zero-order valence-corrected chi connectivity index (χ0v) is 14.2. The van der Waals surface area contributed by atoms with E-state index in [0.717, 1.165) is 6.92 Å². The summed E-state index contributed by atoms with van der Waals surface area (Å²) in [6.07, 6.45) is -6.78. The number of nitrogens with one attached hydrogen (secondary N) is 1. The highest BCUT2D eigenvalue weighted by molar-refractivity contribution is 5.78. The van der Waals surface area contributed by atoms with Gasteiger partial charge < -0.3 is 45.1 Å². The van der Waals surface area contributed by atoms with Crippen LogP contribution in [0.25, 0.3) is 0 Å². The molecule has 0 radical (unpaired) electrons. The van der Waals surface area contributed by atoms with Gasteiger partial charge in [0.2, 0.25) is 5.91 Å². The third-order valence-corrected chi connectivity index (χ3v) is 3.87. The molecule has 0 aliphatic carbocycles. The molecule has 0 bridgehead atoms. The predicted octanol–water partition coefficient (Wildman–Crippen LogP) is -3.67. The minimum Gasteiger partial charge on any atom is -0.477 e. The van der Waals surface area contributed by atoms with E-state index in [4.69, 9.17) is 24.4 Å². The fourth-order valence-corrected chi connectivity index (χ4v) is 2.65. The first kappa shape index (κ1) is 22.2. The van der Waals surface area contributed by atoms with Crippen molar-refractivity contribution in [2.45, 2.75) is 49.6 Å². The second-order valence-corrected chi connectivity index (χ2v) is 5.73. The third kappa shape index (κ3) is 5.09. The molecule has 1 saturated heterocycles. The number of esters is 1. The Bertz CT molecular complexity index is 523. The molecule has 0 spiro atoms. The number of methoxy groups -OCH3 is 1. The fourth-order valence-electron chi connectivity index (χ4n) is 2.65. The Morgan fingerprint density at radius 1 is 1.35 bits per heavy atom. The van der Waals surface area contributed by atoms with Gasteiger partial charge in [-0.25, -0.2) is 4.79 Å². The molecule has 0 aromatic rings. The van der Waals surface area contributed by atoms with Gasteiger partial charge in [-0.1, -0.05) is 0 Å². The van der Waals surface area contributed by atoms with Gasteiger partial charge in [0.1, 0.15) is 18.8 Å². The second kappa shape index (κ2) is 9.21. The average molecular weight is 381 g/mol. The number of hydrogen-bond acceptors (Lipinski definition) is 10. The van der Waals surface area contributed by atoms with E-state index in [1.807, 2.05) is 0 Å². The van der Waals surface area contributed by atoms with Crippen LogP contribution in [0.4, 0.5) is 0 Å². The number of aliphatic hydroxyl groups is 4. The lowest BCUT2D eigenvalue weighted by molar-refractivity contribution is -0.297. The van der Waals surface area contributed by atoms with E-state index in [0.29, 0.717) is 0 Å². The van der Waals surface area contributed by atoms with Gasteiger partial charge in [0, 0.05) is 20.5 Å². The van der Waals surface area contributed by atoms with Crippen molar-refractivity contribution in [1.29, 1.82) is 0 Å². The summed E-state index contributed by atoms with van der Waals surface area (Å²) in [4.78, 5) is 34.2. The zero-order valence-electron chi connectivity index (χ0n) is 14.2. The quantitative estimate of drug-likeness (QED) is 0.227. The molecule has 1 aliphatic heterocycles. The molecule has 6 atom stereocenters. The zero-order chi connectivity index (χ0) is 20.1. The number of carboxylic acid groups (broad SMARTS) is 1. The number of amides is 1. The number of hydrogen-bond donors (Lipinski definition) is 6. The molecule has 0 saturated carbocycles. The summed E-state index contributed by atoms with van der Waals surface area (Å²) in [5.74, 6) is -6.42. The monoisotopic (exact) mass is 381 g/mol. The lowest BCUT2D eigenvalue weighted by Gasteiger charge is -2.45. The Labute approximate surface area is 148 Å². The van der Waals surface area contributed by atoms with Crippen LogP contribution in [0.2, 0.25) is 0 Å². The van der Waals surface area contributed by atoms with Gasteiger partial charge in [0.25, 0.3) is 5.79 Å². The van der Waals surface area contributed by atoms with Crippen LogP contribution in [0, 0.1) is 0 Å². The fraction of sp³-hybridized carbons (Fsp3) is 0.786. The van der Waals surface area contributed by atoms with Crippen LogP contribution >= 0.6 is 0 Å². The van der Waals surface area contributed by atoms with Crippen LogP contribution in [0.3, 0.4) is 0 Å². The van der Waals surface area contributed by atoms with Crippen molar-refractivity contribution in [3.8, 4) is 0 Å². The van der Waals surface area contributed by atoms with Crippen LogP contribution < -0.4 is 5.32 Å². The summed E-state index contributed by atoms with van der Waals surface area (Å²) in [6.45, 7) is -0.595. The summed E-state index contributed by atoms with van der Waals surface area (Å²) in [5, 5.41) is 50.0. The van der Waals surface area contributed by atoms with Gasteiger partial charge in [0.05, 0.1) is 18.8 Å². The molecule has 1 rings (SSSR count). The highest BCUT2D eigenvalue weighted by Gasteiger charge is 2.55. The first-order chi connectivity index (χ1) is 12.1. The van der Waals surface area contributed by atoms with E-state index in [2.05, 4.69) is 5.32 Å². The molecule has 1 aliphatic rings. The number of aliphatic hydroxyl groups excluding tert-OH is 3. The molecule has 26 heavy (non-hydrogen) atoms. The first-order valence-corrected chi connectivity index (χ1v) is 7.62. The van der Waals surface area contributed by atoms with Crippen molar-refractivity contribution in [2.24, 2.45) is 0 Å². The highest BCUT2D eigenvalue weighted by atomic mass is 16.7. The van der Waals surface area contributed by atoms with Crippen LogP contribution in [-0.2, 0) is 28.6 Å². The molecule has 0 aromatic heterocycles. The Hall–Kier alpha value is -1.83. The van der Waals surface area contributed by atoms with Crippen molar-refractivity contribution in [3.05, 3.63) is 0 Å². The number of ether oxygens (including phenoxy) is 3. The summed E-state index contributed by atoms with van der Waals surface area (Å²) < 4.78 is 15.1. The van der Waals surface area contributed by atoms with Crippen LogP contribution in [0.15, 0.2) is 0 Å². The molecule has 150 valence electrons. The van der Waals surface area contributed by atoms with E-state index < -0.39 is 73.7 Å². The maximum atomic E-state index is 11.5. The van der Waals surface area contributed by atoms with Crippen LogP contribution in [0.5, 0.6) is 0 Å². The van der Waals surface area contributed by atoms with Gasteiger partial charge in [-0.15, -0.1) is 0 Å². The van der Waals surface area contributed by atoms with Gasteiger partial charge in [-0.3, -0.25) is 9.59 Å². The molecule has 1 amide bonds. The maximum absolute atomic E-state index is 11.5. The second-order valence-electron chi connectivity index (χ2n) is 5.73. The van der Waals surface area contributed by atoms with Crippen molar-refractivity contribution in [1.82, 2.24) is 5.32 Å². The Balaban J connectivity index is 3.31. The highest BCUT2D eigenvalue weighted by Crippen LogP contribution is 2.32. The standard InChI is InChI=1S/C14H23NO11/c1-6(18)25-11(8(4-16)24-2)12-10(15-9(20)5-17)7(19)3-14(23,26-12)13(21)22/h7-8,10-12,16-17,19,23H,3-5H2,1-2H3,(H,15,20)(H,21,22)/t7-,8+,10+,11+,12+,14?/m0/s1. The number of carbonyl (C=O) groups excluding carboxylic acids is 2. The van der Waals surface area contributed by atoms with Crippen LogP contribution in [-0.4, -0.2) is 99.9 Å². The van der Waals surface area contributed by atoms with E-state index in [1.54, 1.807) is 0 Å². The van der Waals surface area contributed by atoms with Crippen molar-refractivity contribution >= 4 is 17.8 Å². The largest absolute Gasteiger partial charge is 0.477 e. The summed E-state index contributed by atoms with van der Waals surface area (Å²) in [5.41, 5.74) is 0. The van der Waals surface area contributed by atoms with E-state index in [1.165, 1.54) is 7.11 Å². The summed E-state index contributed by atoms with van der Waals surface area (Å²) in [6, 6.07) is -1.37. The lowest BCUT2D eigenvalue weighted by Crippen LogP contribution is -2.68. The minimum atomic E-state index is -2.84. The number of aliphatic carboxylic acids is 1. The molecular formula is C14H23NO11. The Kier molecular flexibility index (Phi) is 7.87. The summed E-state index contributed by atoms with van der Waals surface area (Å²) in [7, 11) is 1.17. The SMILES string of the molecule is CO[C@H](CO)[C@@H](OC(C)=O)[C@@H]1OC(O)(C(=O)O)C[C@H](O)[C@H]1NC(=O)CO. The van der Waals surface area contributed by atoms with Gasteiger partial charge in [-0.2, -0.15) is 0 Å². The van der Waals surface area contributed by atoms with E-state index in [9.17, 15) is 29.7 Å². The molecular weight excluding hydrogens is 358 g/mol. The Morgan fingerprint density at radius 2 is 1.96 bits per heavy atom. The number of carbonyl (C=O) groups is 3. The minimum absolute atomic E-state index is 0.684. The number of carboxylic acids is 1. The smallest absolute Gasteiger partial charge is 0.364 e. The maximum Gasteiger partial charge on any atom is 0.364 e. The molecule has 1 heterocycles. The van der Waals surface area contributed by atoms with E-state index >= 15 is 0 Å². The van der Waals surface area contributed by atoms with Gasteiger partial charge in [0.15, 0.2) is 6.10 Å². The predicted molar refractivity (Wildman–Crippen MR) is 80.5 cm³/mol. The van der Waals surface area contributed by atoms with Crippen molar-refractivity contribution in [3.63, 3.8) is 0 Å².